The second kappa shape index (κ2) is 7.35. The first-order valence-corrected chi connectivity index (χ1v) is 8.61. The van der Waals surface area contributed by atoms with Gasteiger partial charge in [-0.3, -0.25) is 9.69 Å². The summed E-state index contributed by atoms with van der Waals surface area (Å²) in [5, 5.41) is 0. The number of likely N-dealkylation sites (N-methyl/N-ethyl adjacent to an activating group) is 1. The normalized spacial score (nSPS) is 21.1. The van der Waals surface area contributed by atoms with Gasteiger partial charge in [-0.25, -0.2) is 8.78 Å². The summed E-state index contributed by atoms with van der Waals surface area (Å²) in [4.78, 5) is 16.2. The summed E-state index contributed by atoms with van der Waals surface area (Å²) < 4.78 is 37.8. The molecule has 0 N–H and O–H groups in total. The van der Waals surface area contributed by atoms with Crippen molar-refractivity contribution < 1.29 is 23.0 Å². The lowest BCUT2D eigenvalue weighted by Crippen LogP contribution is -2.49. The van der Waals surface area contributed by atoms with E-state index in [9.17, 15) is 13.6 Å². The molecule has 1 aromatic rings. The van der Waals surface area contributed by atoms with Crippen LogP contribution in [0.15, 0.2) is 18.2 Å². The third kappa shape index (κ3) is 3.99. The van der Waals surface area contributed by atoms with Gasteiger partial charge in [0.25, 0.3) is 0 Å². The number of piperidine rings is 1. The highest BCUT2D eigenvalue weighted by molar-refractivity contribution is 5.78. The monoisotopic (exact) mass is 354 g/mol. The van der Waals surface area contributed by atoms with Crippen molar-refractivity contribution in [2.75, 3.05) is 39.9 Å². The molecule has 5 nitrogen and oxygen atoms in total. The Balaban J connectivity index is 1.54. The van der Waals surface area contributed by atoms with Gasteiger partial charge >= 0.3 is 0 Å². The average Bonchev–Trinajstić information content (AvgIpc) is 3.05. The Bertz CT molecular complexity index is 625. The molecule has 0 aromatic heterocycles. The van der Waals surface area contributed by atoms with Crippen molar-refractivity contribution in [2.45, 2.75) is 31.6 Å². The zero-order chi connectivity index (χ0) is 18.0. The van der Waals surface area contributed by atoms with Crippen LogP contribution in [0.4, 0.5) is 8.78 Å². The van der Waals surface area contributed by atoms with Crippen LogP contribution in [-0.4, -0.2) is 61.4 Å². The maximum absolute atomic E-state index is 13.4. The third-order valence-electron chi connectivity index (χ3n) is 5.16. The van der Waals surface area contributed by atoms with Crippen molar-refractivity contribution in [3.63, 3.8) is 0 Å². The second-order valence-electron chi connectivity index (χ2n) is 6.75. The van der Waals surface area contributed by atoms with E-state index in [0.717, 1.165) is 6.07 Å². The van der Waals surface area contributed by atoms with Gasteiger partial charge in [0.15, 0.2) is 17.4 Å². The van der Waals surface area contributed by atoms with E-state index in [2.05, 4.69) is 0 Å². The minimum Gasteiger partial charge on any atom is -0.347 e. The highest BCUT2D eigenvalue weighted by Gasteiger charge is 2.40. The van der Waals surface area contributed by atoms with Crippen molar-refractivity contribution in [3.8, 4) is 0 Å². The number of ether oxygens (including phenoxy) is 2. The van der Waals surface area contributed by atoms with Crippen LogP contribution in [-0.2, 0) is 14.3 Å². The minimum absolute atomic E-state index is 0.0183. The predicted octanol–water partition coefficient (Wildman–Crippen LogP) is 2.32. The lowest BCUT2D eigenvalue weighted by atomic mass is 10.0. The van der Waals surface area contributed by atoms with Crippen LogP contribution in [0.5, 0.6) is 0 Å². The number of halogens is 2. The van der Waals surface area contributed by atoms with Gasteiger partial charge in [-0.2, -0.15) is 0 Å². The van der Waals surface area contributed by atoms with Gasteiger partial charge in [-0.15, -0.1) is 0 Å². The molecule has 7 heteroatoms. The molecule has 2 aliphatic rings. The SMILES string of the molecule is CC(c1ccc(F)c(F)c1)N(C)CC(=O)N1CCC2(CC1)OCCO2. The Labute approximate surface area is 146 Å². The molecule has 0 aliphatic carbocycles. The van der Waals surface area contributed by atoms with E-state index in [1.54, 1.807) is 13.1 Å². The summed E-state index contributed by atoms with van der Waals surface area (Å²) in [5.41, 5.74) is 0.638. The Morgan fingerprint density at radius 1 is 1.24 bits per heavy atom. The summed E-state index contributed by atoms with van der Waals surface area (Å²) in [7, 11) is 1.80. The summed E-state index contributed by atoms with van der Waals surface area (Å²) in [5.74, 6) is -2.22. The van der Waals surface area contributed by atoms with E-state index in [1.165, 1.54) is 6.07 Å². The summed E-state index contributed by atoms with van der Waals surface area (Å²) >= 11 is 0. The molecule has 0 saturated carbocycles. The van der Waals surface area contributed by atoms with Crippen molar-refractivity contribution >= 4 is 5.91 Å². The number of benzene rings is 1. The summed E-state index contributed by atoms with van der Waals surface area (Å²) in [6, 6.07) is 3.64. The van der Waals surface area contributed by atoms with Crippen LogP contribution in [0.2, 0.25) is 0 Å². The van der Waals surface area contributed by atoms with Crippen LogP contribution in [0, 0.1) is 11.6 Å². The maximum atomic E-state index is 13.4. The van der Waals surface area contributed by atoms with Gasteiger partial charge in [0.05, 0.1) is 19.8 Å². The number of nitrogens with zero attached hydrogens (tertiary/aromatic N) is 2. The molecule has 1 spiro atoms. The van der Waals surface area contributed by atoms with Gasteiger partial charge in [-0.05, 0) is 31.7 Å². The standard InChI is InChI=1S/C18H24F2N2O3/c1-13(14-3-4-15(19)16(20)11-14)21(2)12-17(23)22-7-5-18(6-8-22)24-9-10-25-18/h3-4,11,13H,5-10,12H2,1-2H3. The van der Waals surface area contributed by atoms with Crippen LogP contribution < -0.4 is 0 Å². The van der Waals surface area contributed by atoms with Crippen molar-refractivity contribution in [2.24, 2.45) is 0 Å². The molecule has 1 atom stereocenters. The molecule has 1 unspecified atom stereocenters. The predicted molar refractivity (Wildman–Crippen MR) is 87.9 cm³/mol. The summed E-state index contributed by atoms with van der Waals surface area (Å²) in [6.45, 7) is 4.52. The van der Waals surface area contributed by atoms with Gasteiger partial charge < -0.3 is 14.4 Å². The quantitative estimate of drug-likeness (QED) is 0.832. The Kier molecular flexibility index (Phi) is 5.36. The highest BCUT2D eigenvalue weighted by Crippen LogP contribution is 2.31. The molecule has 2 fully saturated rings. The lowest BCUT2D eigenvalue weighted by molar-refractivity contribution is -0.187. The van der Waals surface area contributed by atoms with Crippen LogP contribution in [0.1, 0.15) is 31.4 Å². The number of likely N-dealkylation sites (tertiary alicyclic amines) is 1. The topological polar surface area (TPSA) is 42.0 Å². The van der Waals surface area contributed by atoms with E-state index < -0.39 is 17.4 Å². The second-order valence-corrected chi connectivity index (χ2v) is 6.75. The van der Waals surface area contributed by atoms with Gasteiger partial charge in [0, 0.05) is 32.0 Å². The molecule has 3 rings (SSSR count). The molecule has 2 saturated heterocycles. The molecular weight excluding hydrogens is 330 g/mol. The van der Waals surface area contributed by atoms with Gasteiger partial charge in [0.2, 0.25) is 5.91 Å². The molecule has 138 valence electrons. The zero-order valence-corrected chi connectivity index (χ0v) is 14.6. The smallest absolute Gasteiger partial charge is 0.236 e. The Hall–Kier alpha value is -1.57. The maximum Gasteiger partial charge on any atom is 0.236 e. The van der Waals surface area contributed by atoms with E-state index in [0.29, 0.717) is 44.7 Å². The first kappa shape index (κ1) is 18.2. The zero-order valence-electron chi connectivity index (χ0n) is 14.6. The largest absolute Gasteiger partial charge is 0.347 e. The van der Waals surface area contributed by atoms with Crippen LogP contribution in [0.25, 0.3) is 0 Å². The lowest BCUT2D eigenvalue weighted by Gasteiger charge is -2.38. The molecule has 1 amide bonds. The van der Waals surface area contributed by atoms with E-state index in [4.69, 9.17) is 9.47 Å². The minimum atomic E-state index is -0.873. The molecule has 0 bridgehead atoms. The van der Waals surface area contributed by atoms with E-state index in [-0.39, 0.29) is 18.5 Å². The molecule has 1 aromatic carbocycles. The first-order valence-electron chi connectivity index (χ1n) is 8.61. The molecule has 2 aliphatic heterocycles. The van der Waals surface area contributed by atoms with E-state index >= 15 is 0 Å². The van der Waals surface area contributed by atoms with Gasteiger partial charge in [-0.1, -0.05) is 6.07 Å². The summed E-state index contributed by atoms with van der Waals surface area (Å²) in [6.07, 6.45) is 1.36. The fourth-order valence-electron chi connectivity index (χ4n) is 3.36. The highest BCUT2D eigenvalue weighted by atomic mass is 19.2. The first-order chi connectivity index (χ1) is 11.9. The number of amides is 1. The Morgan fingerprint density at radius 2 is 1.88 bits per heavy atom. The van der Waals surface area contributed by atoms with Gasteiger partial charge in [0.1, 0.15) is 0 Å². The molecular formula is C18H24F2N2O3. The van der Waals surface area contributed by atoms with Crippen molar-refractivity contribution in [1.29, 1.82) is 0 Å². The third-order valence-corrected chi connectivity index (χ3v) is 5.16. The molecule has 0 radical (unpaired) electrons. The molecule has 2 heterocycles. The van der Waals surface area contributed by atoms with Crippen LogP contribution >= 0.6 is 0 Å². The van der Waals surface area contributed by atoms with Crippen molar-refractivity contribution in [1.82, 2.24) is 9.80 Å². The Morgan fingerprint density at radius 3 is 2.48 bits per heavy atom. The van der Waals surface area contributed by atoms with Crippen LogP contribution in [0.3, 0.4) is 0 Å². The number of hydrogen-bond acceptors (Lipinski definition) is 4. The number of carbonyl (C=O) groups excluding carboxylic acids is 1. The molecule has 25 heavy (non-hydrogen) atoms. The fourth-order valence-corrected chi connectivity index (χ4v) is 3.36. The van der Waals surface area contributed by atoms with E-state index in [1.807, 2.05) is 16.7 Å². The number of carbonyl (C=O) groups is 1. The van der Waals surface area contributed by atoms with Crippen molar-refractivity contribution in [3.05, 3.63) is 35.4 Å². The number of rotatable bonds is 4. The fraction of sp³-hybridized carbons (Fsp3) is 0.611. The number of hydrogen-bond donors (Lipinski definition) is 0. The average molecular weight is 354 g/mol.